The van der Waals surface area contributed by atoms with Crippen molar-refractivity contribution in [3.63, 3.8) is 0 Å². The van der Waals surface area contributed by atoms with Crippen LogP contribution in [0, 0.1) is 0 Å². The fourth-order valence-electron chi connectivity index (χ4n) is 3.13. The van der Waals surface area contributed by atoms with Crippen LogP contribution in [-0.4, -0.2) is 40.8 Å². The molecule has 25 heavy (non-hydrogen) atoms. The topological polar surface area (TPSA) is 53.4 Å². The molecule has 7 heteroatoms. The molecule has 2 amide bonds. The summed E-state index contributed by atoms with van der Waals surface area (Å²) in [5, 5.41) is 7.76. The molecule has 2 heterocycles. The lowest BCUT2D eigenvalue weighted by molar-refractivity contribution is 0.220. The van der Waals surface area contributed by atoms with Crippen molar-refractivity contribution in [1.82, 2.24) is 14.7 Å². The third-order valence-corrected chi connectivity index (χ3v) is 4.66. The van der Waals surface area contributed by atoms with Gasteiger partial charge in [-0.05, 0) is 37.5 Å². The van der Waals surface area contributed by atoms with Crippen LogP contribution >= 0.6 is 11.6 Å². The minimum Gasteiger partial charge on any atom is -0.370 e. The van der Waals surface area contributed by atoms with E-state index in [0.29, 0.717) is 11.6 Å². The van der Waals surface area contributed by atoms with Gasteiger partial charge in [-0.25, -0.2) is 4.79 Å². The highest BCUT2D eigenvalue weighted by Gasteiger charge is 2.18. The van der Waals surface area contributed by atoms with E-state index in [-0.39, 0.29) is 6.03 Å². The number of rotatable bonds is 4. The number of anilines is 2. The second-order valence-electron chi connectivity index (χ2n) is 6.52. The van der Waals surface area contributed by atoms with Gasteiger partial charge >= 0.3 is 6.03 Å². The molecular formula is C18H24ClN5O. The van der Waals surface area contributed by atoms with Gasteiger partial charge in [0, 0.05) is 44.0 Å². The molecule has 0 radical (unpaired) electrons. The Morgan fingerprint density at radius 2 is 2.08 bits per heavy atom. The minimum absolute atomic E-state index is 0.163. The highest BCUT2D eigenvalue weighted by molar-refractivity contribution is 6.31. The van der Waals surface area contributed by atoms with Crippen LogP contribution in [0.5, 0.6) is 0 Å². The highest BCUT2D eigenvalue weighted by Crippen LogP contribution is 2.31. The summed E-state index contributed by atoms with van der Waals surface area (Å²) in [6.45, 7) is 2.52. The Kier molecular flexibility index (Phi) is 5.48. The van der Waals surface area contributed by atoms with Crippen LogP contribution in [-0.2, 0) is 13.6 Å². The zero-order valence-corrected chi connectivity index (χ0v) is 15.5. The number of halogens is 1. The Bertz CT molecular complexity index is 739. The summed E-state index contributed by atoms with van der Waals surface area (Å²) in [5.41, 5.74) is 2.78. The molecular weight excluding hydrogens is 338 g/mol. The Morgan fingerprint density at radius 3 is 2.76 bits per heavy atom. The maximum Gasteiger partial charge on any atom is 0.321 e. The first-order valence-electron chi connectivity index (χ1n) is 8.57. The molecule has 0 aliphatic carbocycles. The van der Waals surface area contributed by atoms with E-state index in [1.165, 1.54) is 19.3 Å². The number of carbonyl (C=O) groups is 1. The van der Waals surface area contributed by atoms with Crippen molar-refractivity contribution >= 4 is 29.0 Å². The lowest BCUT2D eigenvalue weighted by Crippen LogP contribution is -2.33. The van der Waals surface area contributed by atoms with Gasteiger partial charge in [-0.3, -0.25) is 4.68 Å². The number of aryl methyl sites for hydroxylation is 1. The molecule has 0 atom stereocenters. The summed E-state index contributed by atoms with van der Waals surface area (Å²) in [7, 11) is 3.63. The van der Waals surface area contributed by atoms with Gasteiger partial charge in [0.2, 0.25) is 0 Å². The predicted octanol–water partition coefficient (Wildman–Crippen LogP) is 3.73. The number of urea groups is 1. The summed E-state index contributed by atoms with van der Waals surface area (Å²) in [5.74, 6) is 0. The van der Waals surface area contributed by atoms with E-state index in [0.717, 1.165) is 30.0 Å². The molecule has 1 aromatic carbocycles. The maximum absolute atomic E-state index is 12.6. The molecule has 134 valence electrons. The number of benzene rings is 1. The molecule has 0 saturated carbocycles. The predicted molar refractivity (Wildman–Crippen MR) is 101 cm³/mol. The van der Waals surface area contributed by atoms with Crippen LogP contribution in [0.1, 0.15) is 24.8 Å². The summed E-state index contributed by atoms with van der Waals surface area (Å²) in [6.07, 6.45) is 7.29. The van der Waals surface area contributed by atoms with Crippen LogP contribution in [0.3, 0.4) is 0 Å². The molecule has 1 aliphatic heterocycles. The third-order valence-electron chi connectivity index (χ3n) is 4.42. The van der Waals surface area contributed by atoms with E-state index in [2.05, 4.69) is 15.3 Å². The van der Waals surface area contributed by atoms with E-state index in [4.69, 9.17) is 11.6 Å². The van der Waals surface area contributed by atoms with Crippen molar-refractivity contribution in [2.75, 3.05) is 30.4 Å². The number of hydrogen-bond donors (Lipinski definition) is 1. The Morgan fingerprint density at radius 1 is 1.32 bits per heavy atom. The molecule has 0 spiro atoms. The van der Waals surface area contributed by atoms with E-state index in [9.17, 15) is 4.79 Å². The smallest absolute Gasteiger partial charge is 0.321 e. The van der Waals surface area contributed by atoms with E-state index in [1.54, 1.807) is 22.8 Å². The summed E-state index contributed by atoms with van der Waals surface area (Å²) >= 11 is 6.16. The van der Waals surface area contributed by atoms with Gasteiger partial charge < -0.3 is 15.1 Å². The van der Waals surface area contributed by atoms with Crippen molar-refractivity contribution in [2.24, 2.45) is 7.05 Å². The van der Waals surface area contributed by atoms with Crippen molar-refractivity contribution in [3.8, 4) is 0 Å². The molecule has 0 unspecified atom stereocenters. The third kappa shape index (κ3) is 4.45. The van der Waals surface area contributed by atoms with Crippen LogP contribution in [0.15, 0.2) is 30.6 Å². The first kappa shape index (κ1) is 17.6. The molecule has 1 aliphatic rings. The first-order valence-corrected chi connectivity index (χ1v) is 8.95. The van der Waals surface area contributed by atoms with Gasteiger partial charge in [0.25, 0.3) is 0 Å². The zero-order chi connectivity index (χ0) is 17.8. The summed E-state index contributed by atoms with van der Waals surface area (Å²) < 4.78 is 1.73. The van der Waals surface area contributed by atoms with E-state index < -0.39 is 0 Å². The number of carbonyl (C=O) groups excluding carboxylic acids is 1. The monoisotopic (exact) mass is 361 g/mol. The Hall–Kier alpha value is -2.21. The number of aromatic nitrogens is 2. The normalized spacial score (nSPS) is 14.4. The molecule has 3 rings (SSSR count). The number of nitrogens with zero attached hydrogens (tertiary/aromatic N) is 4. The SMILES string of the molecule is CN(Cc1cnn(C)c1)C(=O)Nc1cc(Cl)ccc1N1CCCCC1. The summed E-state index contributed by atoms with van der Waals surface area (Å²) in [6, 6.07) is 5.52. The standard InChI is InChI=1S/C18H24ClN5O/c1-22(12-14-11-20-23(2)13-14)18(25)21-16-10-15(19)6-7-17(16)24-8-4-3-5-9-24/h6-7,10-11,13H,3-5,8-9,12H2,1-2H3,(H,21,25). The quantitative estimate of drug-likeness (QED) is 0.902. The van der Waals surface area contributed by atoms with Gasteiger partial charge in [0.15, 0.2) is 0 Å². The number of hydrogen-bond acceptors (Lipinski definition) is 3. The van der Waals surface area contributed by atoms with Crippen molar-refractivity contribution in [3.05, 3.63) is 41.2 Å². The van der Waals surface area contributed by atoms with Crippen LogP contribution < -0.4 is 10.2 Å². The lowest BCUT2D eigenvalue weighted by atomic mass is 10.1. The Labute approximate surface area is 153 Å². The fraction of sp³-hybridized carbons (Fsp3) is 0.444. The summed E-state index contributed by atoms with van der Waals surface area (Å²) in [4.78, 5) is 16.5. The van der Waals surface area contributed by atoms with Gasteiger partial charge in [-0.2, -0.15) is 5.10 Å². The minimum atomic E-state index is -0.163. The van der Waals surface area contributed by atoms with Crippen molar-refractivity contribution < 1.29 is 4.79 Å². The second-order valence-corrected chi connectivity index (χ2v) is 6.95. The molecule has 6 nitrogen and oxygen atoms in total. The number of amides is 2. The van der Waals surface area contributed by atoms with Gasteiger partial charge in [0.05, 0.1) is 24.1 Å². The van der Waals surface area contributed by atoms with Crippen LogP contribution in [0.25, 0.3) is 0 Å². The molecule has 1 saturated heterocycles. The van der Waals surface area contributed by atoms with Crippen molar-refractivity contribution in [1.29, 1.82) is 0 Å². The molecule has 2 aromatic rings. The molecule has 1 N–H and O–H groups in total. The van der Waals surface area contributed by atoms with E-state index >= 15 is 0 Å². The van der Waals surface area contributed by atoms with E-state index in [1.807, 2.05) is 31.4 Å². The highest BCUT2D eigenvalue weighted by atomic mass is 35.5. The second kappa shape index (κ2) is 7.78. The fourth-order valence-corrected chi connectivity index (χ4v) is 3.30. The average Bonchev–Trinajstić information content (AvgIpc) is 3.00. The van der Waals surface area contributed by atoms with Crippen LogP contribution in [0.4, 0.5) is 16.2 Å². The largest absolute Gasteiger partial charge is 0.370 e. The van der Waals surface area contributed by atoms with Crippen molar-refractivity contribution in [2.45, 2.75) is 25.8 Å². The zero-order valence-electron chi connectivity index (χ0n) is 14.7. The molecule has 1 fully saturated rings. The maximum atomic E-state index is 12.6. The lowest BCUT2D eigenvalue weighted by Gasteiger charge is -2.31. The number of piperidine rings is 1. The van der Waals surface area contributed by atoms with Gasteiger partial charge in [0.1, 0.15) is 0 Å². The van der Waals surface area contributed by atoms with Crippen LogP contribution in [0.2, 0.25) is 5.02 Å². The number of nitrogens with one attached hydrogen (secondary N) is 1. The van der Waals surface area contributed by atoms with Gasteiger partial charge in [-0.1, -0.05) is 11.6 Å². The molecule has 1 aromatic heterocycles. The molecule has 0 bridgehead atoms. The van der Waals surface area contributed by atoms with Gasteiger partial charge in [-0.15, -0.1) is 0 Å². The Balaban J connectivity index is 1.72. The first-order chi connectivity index (χ1) is 12.0. The average molecular weight is 362 g/mol.